The second-order valence-corrected chi connectivity index (χ2v) is 7.56. The molecule has 0 aromatic heterocycles. The van der Waals surface area contributed by atoms with Crippen molar-refractivity contribution in [1.82, 2.24) is 5.32 Å². The van der Waals surface area contributed by atoms with Crippen LogP contribution in [-0.4, -0.2) is 16.2 Å². The number of benzene rings is 2. The van der Waals surface area contributed by atoms with Crippen LogP contribution in [0.1, 0.15) is 12.5 Å². The molecule has 0 atom stereocenters. The molecule has 4 nitrogen and oxygen atoms in total. The molecule has 1 heterocycles. The first kappa shape index (κ1) is 19.8. The summed E-state index contributed by atoms with van der Waals surface area (Å²) in [7, 11) is 0. The lowest BCUT2D eigenvalue weighted by atomic mass is 10.2. The van der Waals surface area contributed by atoms with Gasteiger partial charge in [0.15, 0.2) is 5.17 Å². The number of aliphatic imine (C=N–C) groups is 1. The predicted octanol–water partition coefficient (Wildman–Crippen LogP) is 5.40. The van der Waals surface area contributed by atoms with Crippen molar-refractivity contribution >= 4 is 62.7 Å². The molecule has 0 radical (unpaired) electrons. The van der Waals surface area contributed by atoms with Crippen LogP contribution in [0.3, 0.4) is 0 Å². The molecule has 7 heteroatoms. The van der Waals surface area contributed by atoms with E-state index in [1.165, 1.54) is 11.8 Å². The number of hydrogen-bond donors (Lipinski definition) is 2. The van der Waals surface area contributed by atoms with E-state index in [2.05, 4.69) is 32.9 Å². The average Bonchev–Trinajstić information content (AvgIpc) is 2.95. The van der Waals surface area contributed by atoms with Crippen LogP contribution in [0.5, 0.6) is 5.75 Å². The Hall–Kier alpha value is -1.51. The minimum atomic E-state index is -0.101. The largest absolute Gasteiger partial charge is 0.507 e. The second kappa shape index (κ2) is 9.26. The van der Waals surface area contributed by atoms with Crippen LogP contribution < -0.4 is 5.32 Å². The summed E-state index contributed by atoms with van der Waals surface area (Å²) >= 11 is 9.42. The van der Waals surface area contributed by atoms with Crippen molar-refractivity contribution in [2.45, 2.75) is 13.8 Å². The minimum Gasteiger partial charge on any atom is -0.507 e. The quantitative estimate of drug-likeness (QED) is 0.419. The molecule has 1 saturated heterocycles. The zero-order chi connectivity index (χ0) is 18.4. The number of nitrogens with zero attached hydrogens (tertiary/aromatic N) is 1. The van der Waals surface area contributed by atoms with Gasteiger partial charge in [-0.1, -0.05) is 35.9 Å². The van der Waals surface area contributed by atoms with Gasteiger partial charge in [0.2, 0.25) is 0 Å². The Balaban J connectivity index is 0.000000236. The van der Waals surface area contributed by atoms with Gasteiger partial charge < -0.3 is 10.4 Å². The van der Waals surface area contributed by atoms with Crippen LogP contribution in [0, 0.1) is 10.5 Å². The third kappa shape index (κ3) is 5.49. The molecule has 0 bridgehead atoms. The Labute approximate surface area is 169 Å². The number of phenols is 1. The van der Waals surface area contributed by atoms with Gasteiger partial charge in [0, 0.05) is 5.02 Å². The van der Waals surface area contributed by atoms with Gasteiger partial charge in [-0.2, -0.15) is 0 Å². The van der Waals surface area contributed by atoms with E-state index in [4.69, 9.17) is 16.7 Å². The van der Waals surface area contributed by atoms with Crippen LogP contribution in [0.4, 0.5) is 5.69 Å². The first-order chi connectivity index (χ1) is 11.9. The number of thioether (sulfide) groups is 1. The summed E-state index contributed by atoms with van der Waals surface area (Å²) in [5.74, 6) is 0.254. The highest BCUT2D eigenvalue weighted by molar-refractivity contribution is 14.1. The van der Waals surface area contributed by atoms with Gasteiger partial charge in [-0.05, 0) is 78.0 Å². The number of aromatic hydroxyl groups is 1. The fourth-order valence-electron chi connectivity index (χ4n) is 1.85. The van der Waals surface area contributed by atoms with Crippen molar-refractivity contribution in [3.05, 3.63) is 67.6 Å². The maximum atomic E-state index is 11.5. The molecule has 25 heavy (non-hydrogen) atoms. The maximum absolute atomic E-state index is 11.5. The molecule has 1 aliphatic rings. The van der Waals surface area contributed by atoms with Crippen molar-refractivity contribution in [3.63, 3.8) is 0 Å². The number of phenolic OH excluding ortho intramolecular Hbond substituents is 1. The van der Waals surface area contributed by atoms with Crippen molar-refractivity contribution in [3.8, 4) is 5.75 Å². The van der Waals surface area contributed by atoms with E-state index in [9.17, 15) is 4.79 Å². The molecule has 0 unspecified atom stereocenters. The summed E-state index contributed by atoms with van der Waals surface area (Å²) in [4.78, 5) is 16.5. The fourth-order valence-corrected chi connectivity index (χ4v) is 3.17. The summed E-state index contributed by atoms with van der Waals surface area (Å²) in [6.07, 6.45) is 1.77. The van der Waals surface area contributed by atoms with Gasteiger partial charge in [-0.25, -0.2) is 4.99 Å². The molecule has 0 saturated carbocycles. The van der Waals surface area contributed by atoms with E-state index in [0.29, 0.717) is 20.8 Å². The number of nitrogens with one attached hydrogen (secondary N) is 1. The molecule has 3 rings (SSSR count). The number of hydrogen-bond acceptors (Lipinski definition) is 4. The number of para-hydroxylation sites is 1. The molecular weight excluding hydrogens is 471 g/mol. The third-order valence-electron chi connectivity index (χ3n) is 3.23. The smallest absolute Gasteiger partial charge is 0.263 e. The molecule has 1 aliphatic heterocycles. The van der Waals surface area contributed by atoms with E-state index in [1.54, 1.807) is 18.2 Å². The van der Waals surface area contributed by atoms with E-state index < -0.39 is 0 Å². The SMILES string of the molecule is C/C=C1\SC(=Nc2cccc(Cl)c2C)NC1=O.Oc1ccccc1I. The lowest BCUT2D eigenvalue weighted by Gasteiger charge is -2.02. The van der Waals surface area contributed by atoms with E-state index in [1.807, 2.05) is 44.2 Å². The van der Waals surface area contributed by atoms with Crippen molar-refractivity contribution < 1.29 is 9.90 Å². The first-order valence-corrected chi connectivity index (χ1v) is 9.62. The standard InChI is InChI=1S/C12H11ClN2OS.C6H5IO/c1-3-10-11(16)15-12(17-10)14-9-6-4-5-8(13)7(9)2;7-5-3-1-2-4-6(5)8/h3-6H,1-2H3,(H,14,15,16);1-4,8H/b10-3-;. The number of amidine groups is 1. The lowest BCUT2D eigenvalue weighted by Crippen LogP contribution is -2.19. The molecule has 130 valence electrons. The molecule has 1 amide bonds. The molecule has 0 aliphatic carbocycles. The Kier molecular flexibility index (Phi) is 7.34. The summed E-state index contributed by atoms with van der Waals surface area (Å²) in [6.45, 7) is 3.73. The number of carbonyl (C=O) groups excluding carboxylic acids is 1. The average molecular weight is 487 g/mol. The number of allylic oxidation sites excluding steroid dienone is 1. The van der Waals surface area contributed by atoms with E-state index >= 15 is 0 Å². The Morgan fingerprint density at radius 2 is 1.96 bits per heavy atom. The van der Waals surface area contributed by atoms with Gasteiger partial charge >= 0.3 is 0 Å². The summed E-state index contributed by atoms with van der Waals surface area (Å²) in [5.41, 5.74) is 1.68. The molecule has 0 spiro atoms. The van der Waals surface area contributed by atoms with Crippen LogP contribution in [0.25, 0.3) is 0 Å². The highest BCUT2D eigenvalue weighted by Gasteiger charge is 2.22. The predicted molar refractivity (Wildman–Crippen MR) is 114 cm³/mol. The van der Waals surface area contributed by atoms with Gasteiger partial charge in [0.05, 0.1) is 14.2 Å². The Morgan fingerprint density at radius 3 is 2.52 bits per heavy atom. The summed E-state index contributed by atoms with van der Waals surface area (Å²) in [5, 5.41) is 12.9. The van der Waals surface area contributed by atoms with Gasteiger partial charge in [0.25, 0.3) is 5.91 Å². The maximum Gasteiger partial charge on any atom is 0.263 e. The second-order valence-electron chi connectivity index (χ2n) is 4.96. The Bertz CT molecular complexity index is 832. The highest BCUT2D eigenvalue weighted by atomic mass is 127. The van der Waals surface area contributed by atoms with Crippen molar-refractivity contribution in [2.24, 2.45) is 4.99 Å². The van der Waals surface area contributed by atoms with Crippen molar-refractivity contribution in [1.29, 1.82) is 0 Å². The molecule has 2 N–H and O–H groups in total. The Morgan fingerprint density at radius 1 is 1.24 bits per heavy atom. The van der Waals surface area contributed by atoms with E-state index in [0.717, 1.165) is 14.8 Å². The first-order valence-electron chi connectivity index (χ1n) is 7.35. The highest BCUT2D eigenvalue weighted by Crippen LogP contribution is 2.29. The fraction of sp³-hybridized carbons (Fsp3) is 0.111. The zero-order valence-corrected chi connectivity index (χ0v) is 17.3. The number of carbonyl (C=O) groups is 1. The molecule has 2 aromatic carbocycles. The van der Waals surface area contributed by atoms with Crippen LogP contribution in [0.2, 0.25) is 5.02 Å². The summed E-state index contributed by atoms with van der Waals surface area (Å²) in [6, 6.07) is 12.7. The van der Waals surface area contributed by atoms with Crippen LogP contribution in [-0.2, 0) is 4.79 Å². The van der Waals surface area contributed by atoms with E-state index in [-0.39, 0.29) is 5.91 Å². The number of amides is 1. The molecule has 2 aromatic rings. The topological polar surface area (TPSA) is 61.7 Å². The molecular formula is C18H16ClIN2O2S. The third-order valence-corrected chi connectivity index (χ3v) is 5.58. The monoisotopic (exact) mass is 486 g/mol. The minimum absolute atomic E-state index is 0.101. The number of halogens is 2. The summed E-state index contributed by atoms with van der Waals surface area (Å²) < 4.78 is 0.894. The van der Waals surface area contributed by atoms with Crippen LogP contribution in [0.15, 0.2) is 58.4 Å². The van der Waals surface area contributed by atoms with Crippen LogP contribution >= 0.6 is 46.0 Å². The normalized spacial score (nSPS) is 16.6. The molecule has 1 fully saturated rings. The number of rotatable bonds is 1. The zero-order valence-electron chi connectivity index (χ0n) is 13.6. The lowest BCUT2D eigenvalue weighted by molar-refractivity contribution is -0.115. The van der Waals surface area contributed by atoms with Gasteiger partial charge in [-0.3, -0.25) is 4.79 Å². The van der Waals surface area contributed by atoms with Gasteiger partial charge in [0.1, 0.15) is 5.75 Å². The van der Waals surface area contributed by atoms with Gasteiger partial charge in [-0.15, -0.1) is 0 Å². The van der Waals surface area contributed by atoms with Crippen molar-refractivity contribution in [2.75, 3.05) is 0 Å².